The van der Waals surface area contributed by atoms with Crippen LogP contribution >= 0.6 is 0 Å². The summed E-state index contributed by atoms with van der Waals surface area (Å²) in [6, 6.07) is 9.29. The van der Waals surface area contributed by atoms with Gasteiger partial charge in [0.25, 0.3) is 0 Å². The molecule has 0 heterocycles. The maximum atomic E-state index is 11.9. The van der Waals surface area contributed by atoms with Crippen LogP contribution in [0.1, 0.15) is 12.5 Å². The lowest BCUT2D eigenvalue weighted by atomic mass is 9.99. The number of hydrogen-bond acceptors (Lipinski definition) is 4. The maximum absolute atomic E-state index is 11.9. The van der Waals surface area contributed by atoms with Crippen molar-refractivity contribution in [1.29, 1.82) is 0 Å². The molecule has 0 radical (unpaired) electrons. The Balaban J connectivity index is 2.77. The van der Waals surface area contributed by atoms with Gasteiger partial charge in [-0.3, -0.25) is 9.59 Å². The van der Waals surface area contributed by atoms with E-state index in [1.165, 1.54) is 6.08 Å². The van der Waals surface area contributed by atoms with Crippen molar-refractivity contribution < 1.29 is 19.1 Å². The van der Waals surface area contributed by atoms with Gasteiger partial charge in [-0.25, -0.2) is 0 Å². The molecule has 1 aromatic rings. The fourth-order valence-corrected chi connectivity index (χ4v) is 1.60. The zero-order valence-corrected chi connectivity index (χ0v) is 11.0. The van der Waals surface area contributed by atoms with Crippen LogP contribution in [0.5, 0.6) is 0 Å². The molecule has 0 saturated carbocycles. The van der Waals surface area contributed by atoms with Crippen LogP contribution in [-0.2, 0) is 25.5 Å². The van der Waals surface area contributed by atoms with Gasteiger partial charge >= 0.3 is 11.9 Å². The van der Waals surface area contributed by atoms with E-state index in [1.807, 2.05) is 30.3 Å². The number of carbonyl (C=O) groups excluding carboxylic acids is 2. The smallest absolute Gasteiger partial charge is 0.320 e. The average Bonchev–Trinajstić information content (AvgIpc) is 2.43. The average molecular weight is 262 g/mol. The third-order valence-corrected chi connectivity index (χ3v) is 2.48. The molecule has 0 N–H and O–H groups in total. The van der Waals surface area contributed by atoms with Crippen LogP contribution in [-0.4, -0.2) is 25.2 Å². The molecule has 1 rings (SSSR count). The van der Waals surface area contributed by atoms with Crippen LogP contribution in [0.25, 0.3) is 0 Å². The highest BCUT2D eigenvalue weighted by Gasteiger charge is 2.29. The first-order chi connectivity index (χ1) is 9.19. The predicted molar refractivity (Wildman–Crippen MR) is 71.4 cm³/mol. The second-order valence-corrected chi connectivity index (χ2v) is 3.91. The summed E-state index contributed by atoms with van der Waals surface area (Å²) in [5, 5.41) is 0. The molecule has 1 unspecified atom stereocenters. The van der Waals surface area contributed by atoms with E-state index in [-0.39, 0.29) is 19.6 Å². The zero-order chi connectivity index (χ0) is 14.1. The van der Waals surface area contributed by atoms with Crippen LogP contribution < -0.4 is 0 Å². The van der Waals surface area contributed by atoms with Gasteiger partial charge in [0.15, 0.2) is 5.92 Å². The molecule has 0 aliphatic heterocycles. The van der Waals surface area contributed by atoms with Gasteiger partial charge in [-0.15, -0.1) is 0 Å². The van der Waals surface area contributed by atoms with Crippen molar-refractivity contribution in [1.82, 2.24) is 0 Å². The minimum Gasteiger partial charge on any atom is -0.465 e. The van der Waals surface area contributed by atoms with E-state index in [0.29, 0.717) is 0 Å². The highest BCUT2D eigenvalue weighted by atomic mass is 16.6. The zero-order valence-electron chi connectivity index (χ0n) is 11.0. The topological polar surface area (TPSA) is 52.6 Å². The third-order valence-electron chi connectivity index (χ3n) is 2.48. The van der Waals surface area contributed by atoms with E-state index in [0.717, 1.165) is 5.56 Å². The monoisotopic (exact) mass is 262 g/mol. The van der Waals surface area contributed by atoms with E-state index >= 15 is 0 Å². The molecular formula is C15H18O4. The lowest BCUT2D eigenvalue weighted by Gasteiger charge is -2.14. The Morgan fingerprint density at radius 2 is 1.84 bits per heavy atom. The van der Waals surface area contributed by atoms with E-state index in [4.69, 9.17) is 9.47 Å². The number of carbonyl (C=O) groups is 2. The first kappa shape index (κ1) is 15.0. The normalized spacial score (nSPS) is 11.4. The van der Waals surface area contributed by atoms with Crippen LogP contribution in [0.2, 0.25) is 0 Å². The Kier molecular flexibility index (Phi) is 6.36. The Morgan fingerprint density at radius 1 is 1.21 bits per heavy atom. The molecule has 4 heteroatoms. The minimum absolute atomic E-state index is 0.0868. The first-order valence-corrected chi connectivity index (χ1v) is 6.17. The number of rotatable bonds is 7. The molecule has 0 aliphatic rings. The summed E-state index contributed by atoms with van der Waals surface area (Å²) in [5.74, 6) is -2.06. The summed E-state index contributed by atoms with van der Waals surface area (Å²) < 4.78 is 9.85. The molecule has 4 nitrogen and oxygen atoms in total. The molecule has 102 valence electrons. The van der Waals surface area contributed by atoms with Crippen LogP contribution in [0.4, 0.5) is 0 Å². The largest absolute Gasteiger partial charge is 0.465 e. The van der Waals surface area contributed by atoms with Crippen LogP contribution in [0.15, 0.2) is 43.0 Å². The van der Waals surface area contributed by atoms with Crippen LogP contribution in [0.3, 0.4) is 0 Å². The fraction of sp³-hybridized carbons (Fsp3) is 0.333. The Labute approximate surface area is 113 Å². The van der Waals surface area contributed by atoms with Gasteiger partial charge in [-0.1, -0.05) is 43.0 Å². The van der Waals surface area contributed by atoms with Crippen molar-refractivity contribution in [3.63, 3.8) is 0 Å². The number of hydrogen-bond donors (Lipinski definition) is 0. The standard InChI is InChI=1S/C15H18O4/c1-3-10-19-15(17)13(14(16)18-4-2)11-12-8-6-5-7-9-12/h3,5-9,13H,1,4,10-11H2,2H3. The lowest BCUT2D eigenvalue weighted by molar-refractivity contribution is -0.161. The van der Waals surface area contributed by atoms with E-state index < -0.39 is 17.9 Å². The molecule has 0 aliphatic carbocycles. The molecule has 1 aromatic carbocycles. The summed E-state index contributed by atoms with van der Waals surface area (Å²) in [4.78, 5) is 23.7. The minimum atomic E-state index is -0.928. The quantitative estimate of drug-likeness (QED) is 0.429. The van der Waals surface area contributed by atoms with Gasteiger partial charge in [0.05, 0.1) is 6.61 Å². The predicted octanol–water partition coefficient (Wildman–Crippen LogP) is 2.14. The molecule has 0 spiro atoms. The molecule has 0 bridgehead atoms. The fourth-order valence-electron chi connectivity index (χ4n) is 1.60. The second kappa shape index (κ2) is 8.08. The van der Waals surface area contributed by atoms with Gasteiger partial charge in [-0.05, 0) is 18.9 Å². The molecule has 0 aromatic heterocycles. The molecule has 0 amide bonds. The summed E-state index contributed by atoms with van der Waals surface area (Å²) in [7, 11) is 0. The SMILES string of the molecule is C=CCOC(=O)C(Cc1ccccc1)C(=O)OCC. The van der Waals surface area contributed by atoms with Gasteiger partial charge in [0.1, 0.15) is 6.61 Å². The Morgan fingerprint density at radius 3 is 2.42 bits per heavy atom. The van der Waals surface area contributed by atoms with E-state index in [9.17, 15) is 9.59 Å². The highest BCUT2D eigenvalue weighted by Crippen LogP contribution is 2.12. The van der Waals surface area contributed by atoms with Gasteiger partial charge in [-0.2, -0.15) is 0 Å². The number of ether oxygens (including phenoxy) is 2. The Bertz CT molecular complexity index is 425. The van der Waals surface area contributed by atoms with Gasteiger partial charge in [0, 0.05) is 0 Å². The summed E-state index contributed by atoms with van der Waals surface area (Å²) >= 11 is 0. The number of esters is 2. The first-order valence-electron chi connectivity index (χ1n) is 6.17. The third kappa shape index (κ3) is 4.95. The summed E-state index contributed by atoms with van der Waals surface area (Å²) in [6.45, 7) is 5.49. The van der Waals surface area contributed by atoms with Gasteiger partial charge < -0.3 is 9.47 Å². The van der Waals surface area contributed by atoms with Crippen molar-refractivity contribution in [2.24, 2.45) is 5.92 Å². The second-order valence-electron chi connectivity index (χ2n) is 3.91. The maximum Gasteiger partial charge on any atom is 0.320 e. The van der Waals surface area contributed by atoms with E-state index in [1.54, 1.807) is 6.92 Å². The number of benzene rings is 1. The highest BCUT2D eigenvalue weighted by molar-refractivity contribution is 5.95. The molecule has 0 fully saturated rings. The molecule has 19 heavy (non-hydrogen) atoms. The lowest BCUT2D eigenvalue weighted by Crippen LogP contribution is -2.30. The Hall–Kier alpha value is -2.10. The molecule has 1 atom stereocenters. The summed E-state index contributed by atoms with van der Waals surface area (Å²) in [5.41, 5.74) is 0.885. The van der Waals surface area contributed by atoms with Crippen molar-refractivity contribution in [2.75, 3.05) is 13.2 Å². The molecule has 0 saturated heterocycles. The van der Waals surface area contributed by atoms with E-state index in [2.05, 4.69) is 6.58 Å². The van der Waals surface area contributed by atoms with Crippen molar-refractivity contribution >= 4 is 11.9 Å². The van der Waals surface area contributed by atoms with Crippen molar-refractivity contribution in [3.8, 4) is 0 Å². The molecular weight excluding hydrogens is 244 g/mol. The summed E-state index contributed by atoms with van der Waals surface area (Å²) in [6.07, 6.45) is 1.73. The van der Waals surface area contributed by atoms with Crippen molar-refractivity contribution in [3.05, 3.63) is 48.6 Å². The van der Waals surface area contributed by atoms with Crippen molar-refractivity contribution in [2.45, 2.75) is 13.3 Å². The van der Waals surface area contributed by atoms with Crippen LogP contribution in [0, 0.1) is 5.92 Å². The van der Waals surface area contributed by atoms with Gasteiger partial charge in [0.2, 0.25) is 0 Å².